The van der Waals surface area contributed by atoms with Crippen LogP contribution in [0.4, 0.5) is 4.79 Å². The molecular weight excluding hydrogens is 422 g/mol. The standard InChI is InChI=1S/C29H44N3O2/c1-3-12-34-27(23-8-5-4-6-9-23)24-10-7-11-32(20-24)28(33)31-26(19-30-2)18-29-16-21-13-22(17-29)15-25(29)14-21/h3-6,8-9,21-22,24-27,30H,7,10-20H2,1-2H3,(H,31,33)/t21?,22?,24-,25?,26+,27+,29?/m1/s1. The molecule has 5 aliphatic rings. The Hall–Kier alpha value is -1.59. The first-order valence-corrected chi connectivity index (χ1v) is 13.7. The first-order chi connectivity index (χ1) is 16.6. The molecule has 1 radical (unpaired) electrons. The summed E-state index contributed by atoms with van der Waals surface area (Å²) < 4.78 is 6.29. The number of hydrogen-bond donors (Lipinski definition) is 2. The summed E-state index contributed by atoms with van der Waals surface area (Å²) >= 11 is 0. The lowest BCUT2D eigenvalue weighted by molar-refractivity contribution is -0.000570. The summed E-state index contributed by atoms with van der Waals surface area (Å²) in [5.41, 5.74) is 1.71. The number of carbonyl (C=O) groups is 1. The van der Waals surface area contributed by atoms with Gasteiger partial charge in [0.25, 0.3) is 0 Å². The van der Waals surface area contributed by atoms with Crippen LogP contribution in [-0.4, -0.2) is 50.3 Å². The van der Waals surface area contributed by atoms with Gasteiger partial charge in [-0.05, 0) is 93.6 Å². The van der Waals surface area contributed by atoms with Crippen molar-refractivity contribution >= 4 is 6.03 Å². The Morgan fingerprint density at radius 3 is 2.68 bits per heavy atom. The predicted octanol–water partition coefficient (Wildman–Crippen LogP) is 5.19. The number of nitrogens with one attached hydrogen (secondary N) is 2. The third kappa shape index (κ3) is 5.02. The number of ether oxygens (including phenoxy) is 1. The van der Waals surface area contributed by atoms with Crippen molar-refractivity contribution in [3.8, 4) is 0 Å². The molecule has 1 aromatic rings. The highest BCUT2D eigenvalue weighted by Gasteiger charge is 2.57. The van der Waals surface area contributed by atoms with E-state index in [9.17, 15) is 4.79 Å². The van der Waals surface area contributed by atoms with Gasteiger partial charge in [-0.3, -0.25) is 0 Å². The molecule has 5 fully saturated rings. The van der Waals surface area contributed by atoms with Crippen LogP contribution >= 0.6 is 0 Å². The van der Waals surface area contributed by atoms with Crippen molar-refractivity contribution in [3.63, 3.8) is 0 Å². The van der Waals surface area contributed by atoms with Gasteiger partial charge in [-0.2, -0.15) is 0 Å². The van der Waals surface area contributed by atoms with E-state index in [4.69, 9.17) is 4.74 Å². The van der Waals surface area contributed by atoms with Gasteiger partial charge in [0.15, 0.2) is 0 Å². The Balaban J connectivity index is 1.22. The minimum Gasteiger partial charge on any atom is -0.373 e. The molecule has 6 rings (SSSR count). The fraction of sp³-hybridized carbons (Fsp3) is 0.724. The Kier molecular flexibility index (Phi) is 7.50. The number of piperidine rings is 1. The van der Waals surface area contributed by atoms with Crippen LogP contribution in [0, 0.1) is 35.5 Å². The van der Waals surface area contributed by atoms with Crippen molar-refractivity contribution in [2.24, 2.45) is 29.1 Å². The van der Waals surface area contributed by atoms with Crippen LogP contribution in [0.1, 0.15) is 70.0 Å². The number of amides is 2. The molecule has 4 bridgehead atoms. The Morgan fingerprint density at radius 2 is 1.97 bits per heavy atom. The molecule has 1 aliphatic heterocycles. The smallest absolute Gasteiger partial charge is 0.317 e. The summed E-state index contributed by atoms with van der Waals surface area (Å²) in [5, 5.41) is 6.84. The molecule has 1 aromatic carbocycles. The number of likely N-dealkylation sites (N-methyl/N-ethyl adjacent to an activating group) is 1. The number of urea groups is 1. The summed E-state index contributed by atoms with van der Waals surface area (Å²) in [5.74, 6) is 3.15. The van der Waals surface area contributed by atoms with E-state index in [2.05, 4.69) is 52.3 Å². The van der Waals surface area contributed by atoms with E-state index < -0.39 is 0 Å². The average molecular weight is 467 g/mol. The zero-order chi connectivity index (χ0) is 23.5. The minimum atomic E-state index is 0.0319. The maximum Gasteiger partial charge on any atom is 0.317 e. The zero-order valence-electron chi connectivity index (χ0n) is 21.2. The number of hydrogen-bond acceptors (Lipinski definition) is 3. The number of carbonyl (C=O) groups excluding carboxylic acids is 1. The van der Waals surface area contributed by atoms with Crippen LogP contribution in [0.25, 0.3) is 0 Å². The van der Waals surface area contributed by atoms with Gasteiger partial charge in [0.1, 0.15) is 0 Å². The molecule has 2 amide bonds. The molecule has 5 heteroatoms. The van der Waals surface area contributed by atoms with Crippen LogP contribution in [0.5, 0.6) is 0 Å². The van der Waals surface area contributed by atoms with Gasteiger partial charge >= 0.3 is 6.03 Å². The topological polar surface area (TPSA) is 53.6 Å². The van der Waals surface area contributed by atoms with E-state index in [0.29, 0.717) is 17.9 Å². The quantitative estimate of drug-likeness (QED) is 0.499. The van der Waals surface area contributed by atoms with E-state index in [-0.39, 0.29) is 18.2 Å². The third-order valence-corrected chi connectivity index (χ3v) is 9.33. The van der Waals surface area contributed by atoms with E-state index in [1.54, 1.807) is 0 Å². The average Bonchev–Trinajstić information content (AvgIpc) is 3.23. The largest absolute Gasteiger partial charge is 0.373 e. The van der Waals surface area contributed by atoms with Gasteiger partial charge in [-0.25, -0.2) is 4.79 Å². The Morgan fingerprint density at radius 1 is 1.21 bits per heavy atom. The summed E-state index contributed by atoms with van der Waals surface area (Å²) in [7, 11) is 2.01. The van der Waals surface area contributed by atoms with Crippen molar-refractivity contribution in [3.05, 3.63) is 42.3 Å². The number of benzene rings is 1. The second-order valence-electron chi connectivity index (χ2n) is 11.7. The SMILES string of the molecule is C[CH]CO[C@@H](c1ccccc1)[C@@H]1CCCN(C(=O)N[C@H](CNC)CC23CC4CC(CC2C4)C3)C1. The second-order valence-corrected chi connectivity index (χ2v) is 11.7. The highest BCUT2D eigenvalue weighted by Crippen LogP contribution is 2.67. The van der Waals surface area contributed by atoms with Crippen LogP contribution in [0.2, 0.25) is 0 Å². The highest BCUT2D eigenvalue weighted by atomic mass is 16.5. The van der Waals surface area contributed by atoms with Gasteiger partial charge in [0, 0.05) is 31.6 Å². The Bertz CT molecular complexity index is 801. The molecule has 2 N–H and O–H groups in total. The molecule has 4 aliphatic carbocycles. The van der Waals surface area contributed by atoms with Crippen molar-refractivity contribution in [1.29, 1.82) is 0 Å². The summed E-state index contributed by atoms with van der Waals surface area (Å²) in [6.07, 6.45) is 12.5. The molecule has 1 heterocycles. The maximum atomic E-state index is 13.5. The van der Waals surface area contributed by atoms with Crippen molar-refractivity contribution in [2.75, 3.05) is 33.3 Å². The first-order valence-electron chi connectivity index (χ1n) is 13.7. The third-order valence-electron chi connectivity index (χ3n) is 9.33. The molecular formula is C29H44N3O2. The molecule has 0 aromatic heterocycles. The molecule has 5 atom stereocenters. The molecule has 187 valence electrons. The van der Waals surface area contributed by atoms with Gasteiger partial charge in [0.05, 0.1) is 12.7 Å². The van der Waals surface area contributed by atoms with E-state index in [0.717, 1.165) is 56.7 Å². The van der Waals surface area contributed by atoms with Crippen LogP contribution < -0.4 is 10.6 Å². The summed E-state index contributed by atoms with van der Waals surface area (Å²) in [6, 6.07) is 10.9. The van der Waals surface area contributed by atoms with Gasteiger partial charge in [0.2, 0.25) is 0 Å². The normalized spacial score (nSPS) is 33.8. The Labute approximate surface area is 206 Å². The molecule has 4 saturated carbocycles. The van der Waals surface area contributed by atoms with Crippen LogP contribution in [-0.2, 0) is 4.74 Å². The zero-order valence-corrected chi connectivity index (χ0v) is 21.2. The first kappa shape index (κ1) is 24.1. The summed E-state index contributed by atoms with van der Waals surface area (Å²) in [6.45, 7) is 5.13. The number of likely N-dealkylation sites (tertiary alicyclic amines) is 1. The molecule has 5 nitrogen and oxygen atoms in total. The lowest BCUT2D eigenvalue weighted by Gasteiger charge is -2.39. The lowest BCUT2D eigenvalue weighted by Crippen LogP contribution is -2.52. The molecule has 2 unspecified atom stereocenters. The van der Waals surface area contributed by atoms with Crippen LogP contribution in [0.15, 0.2) is 30.3 Å². The molecule has 0 spiro atoms. The minimum absolute atomic E-state index is 0.0319. The fourth-order valence-electron chi connectivity index (χ4n) is 8.26. The number of rotatable bonds is 10. The van der Waals surface area contributed by atoms with Crippen molar-refractivity contribution < 1.29 is 9.53 Å². The van der Waals surface area contributed by atoms with Crippen LogP contribution in [0.3, 0.4) is 0 Å². The molecule has 1 saturated heterocycles. The van der Waals surface area contributed by atoms with Gasteiger partial charge in [-0.1, -0.05) is 37.3 Å². The van der Waals surface area contributed by atoms with E-state index >= 15 is 0 Å². The predicted molar refractivity (Wildman–Crippen MR) is 136 cm³/mol. The monoisotopic (exact) mass is 466 g/mol. The molecule has 34 heavy (non-hydrogen) atoms. The lowest BCUT2D eigenvalue weighted by atomic mass is 9.72. The fourth-order valence-corrected chi connectivity index (χ4v) is 8.26. The van der Waals surface area contributed by atoms with E-state index in [1.165, 1.54) is 37.7 Å². The summed E-state index contributed by atoms with van der Waals surface area (Å²) in [4.78, 5) is 15.5. The number of nitrogens with zero attached hydrogens (tertiary/aromatic N) is 1. The second kappa shape index (κ2) is 10.6. The van der Waals surface area contributed by atoms with Gasteiger partial charge < -0.3 is 20.3 Å². The highest BCUT2D eigenvalue weighted by molar-refractivity contribution is 5.74. The maximum absolute atomic E-state index is 13.5. The van der Waals surface area contributed by atoms with E-state index in [1.807, 2.05) is 14.0 Å². The van der Waals surface area contributed by atoms with Crippen molar-refractivity contribution in [1.82, 2.24) is 15.5 Å². The van der Waals surface area contributed by atoms with Crippen molar-refractivity contribution in [2.45, 2.75) is 70.4 Å². The van der Waals surface area contributed by atoms with Gasteiger partial charge in [-0.15, -0.1) is 0 Å².